The van der Waals surface area contributed by atoms with E-state index in [9.17, 15) is 14.5 Å². The number of aromatic amines is 1. The number of aromatic nitrogens is 3. The molecule has 0 radical (unpaired) electrons. The van der Waals surface area contributed by atoms with Gasteiger partial charge in [-0.05, 0) is 42.5 Å². The van der Waals surface area contributed by atoms with E-state index in [0.29, 0.717) is 44.1 Å². The summed E-state index contributed by atoms with van der Waals surface area (Å²) in [6.45, 7) is 0. The Balaban J connectivity index is 1.92. The fourth-order valence-corrected chi connectivity index (χ4v) is 3.44. The summed E-state index contributed by atoms with van der Waals surface area (Å²) in [5.41, 5.74) is 2.41. The van der Waals surface area contributed by atoms with E-state index in [2.05, 4.69) is 15.0 Å². The van der Waals surface area contributed by atoms with E-state index in [-0.39, 0.29) is 11.5 Å². The number of benzene rings is 2. The first-order chi connectivity index (χ1) is 13.9. The van der Waals surface area contributed by atoms with Gasteiger partial charge in [0, 0.05) is 11.6 Å². The van der Waals surface area contributed by atoms with Crippen molar-refractivity contribution in [3.05, 3.63) is 86.8 Å². The summed E-state index contributed by atoms with van der Waals surface area (Å²) in [5.74, 6) is 0.0174. The maximum atomic E-state index is 13.4. The minimum atomic E-state index is -0.528. The van der Waals surface area contributed by atoms with Gasteiger partial charge in [-0.25, -0.2) is 14.4 Å². The molecule has 0 saturated heterocycles. The number of nitrogens with one attached hydrogen (secondary N) is 1. The van der Waals surface area contributed by atoms with Gasteiger partial charge in [0.15, 0.2) is 0 Å². The first-order valence-corrected chi connectivity index (χ1v) is 9.11. The molecule has 0 atom stereocenters. The Morgan fingerprint density at radius 2 is 1.69 bits per heavy atom. The molecular weight excluding hydrogens is 418 g/mol. The second-order valence-electron chi connectivity index (χ2n) is 6.07. The maximum Gasteiger partial charge on any atom is 0.287 e. The molecule has 6 nitrogen and oxygen atoms in total. The zero-order valence-electron chi connectivity index (χ0n) is 14.6. The molecule has 1 N–H and O–H groups in total. The van der Waals surface area contributed by atoms with Crippen molar-refractivity contribution in [3.63, 3.8) is 0 Å². The SMILES string of the molecule is O=[N+]([O-])c1ccc(-c2[nH]c(-c3c(Cl)cccc3Cl)nc2-c2ccc(F)cc2)nc1. The highest BCUT2D eigenvalue weighted by Crippen LogP contribution is 2.37. The smallest absolute Gasteiger partial charge is 0.287 e. The van der Waals surface area contributed by atoms with Crippen molar-refractivity contribution in [2.75, 3.05) is 0 Å². The van der Waals surface area contributed by atoms with Gasteiger partial charge in [0.05, 0.1) is 37.6 Å². The Labute approximate surface area is 174 Å². The molecule has 0 aliphatic heterocycles. The highest BCUT2D eigenvalue weighted by molar-refractivity contribution is 6.39. The van der Waals surface area contributed by atoms with Crippen LogP contribution in [0.2, 0.25) is 10.0 Å². The van der Waals surface area contributed by atoms with Crippen LogP contribution >= 0.6 is 23.2 Å². The maximum absolute atomic E-state index is 13.4. The molecule has 4 aromatic rings. The highest BCUT2D eigenvalue weighted by atomic mass is 35.5. The molecule has 0 fully saturated rings. The van der Waals surface area contributed by atoms with Gasteiger partial charge in [0.25, 0.3) is 5.69 Å². The Hall–Kier alpha value is -3.29. The number of H-pyrrole nitrogens is 1. The second kappa shape index (κ2) is 7.62. The predicted octanol–water partition coefficient (Wildman–Crippen LogP) is 6.16. The van der Waals surface area contributed by atoms with Crippen molar-refractivity contribution in [1.82, 2.24) is 15.0 Å². The van der Waals surface area contributed by atoms with Crippen LogP contribution in [0.25, 0.3) is 34.0 Å². The molecule has 2 aromatic heterocycles. The highest BCUT2D eigenvalue weighted by Gasteiger charge is 2.20. The average molecular weight is 429 g/mol. The summed E-state index contributed by atoms with van der Waals surface area (Å²) in [5, 5.41) is 11.7. The third kappa shape index (κ3) is 3.70. The molecule has 2 heterocycles. The molecule has 0 amide bonds. The van der Waals surface area contributed by atoms with E-state index < -0.39 is 4.92 Å². The van der Waals surface area contributed by atoms with Crippen molar-refractivity contribution >= 4 is 28.9 Å². The topological polar surface area (TPSA) is 84.7 Å². The zero-order valence-corrected chi connectivity index (χ0v) is 16.1. The average Bonchev–Trinajstić information content (AvgIpc) is 3.13. The largest absolute Gasteiger partial charge is 0.336 e. The van der Waals surface area contributed by atoms with Crippen LogP contribution in [-0.4, -0.2) is 19.9 Å². The lowest BCUT2D eigenvalue weighted by Gasteiger charge is -2.03. The van der Waals surface area contributed by atoms with E-state index in [4.69, 9.17) is 23.2 Å². The van der Waals surface area contributed by atoms with Crippen LogP contribution in [0.15, 0.2) is 60.8 Å². The van der Waals surface area contributed by atoms with Crippen LogP contribution in [0.4, 0.5) is 10.1 Å². The molecule has 29 heavy (non-hydrogen) atoms. The summed E-state index contributed by atoms with van der Waals surface area (Å²) in [4.78, 5) is 22.3. The summed E-state index contributed by atoms with van der Waals surface area (Å²) in [6.07, 6.45) is 1.16. The molecule has 0 aliphatic carbocycles. The van der Waals surface area contributed by atoms with Crippen LogP contribution in [0.1, 0.15) is 0 Å². The van der Waals surface area contributed by atoms with Gasteiger partial charge in [-0.1, -0.05) is 29.3 Å². The van der Waals surface area contributed by atoms with Crippen molar-refractivity contribution in [3.8, 4) is 34.0 Å². The van der Waals surface area contributed by atoms with E-state index in [1.54, 1.807) is 30.3 Å². The van der Waals surface area contributed by atoms with Crippen molar-refractivity contribution < 1.29 is 9.31 Å². The van der Waals surface area contributed by atoms with Gasteiger partial charge in [0.1, 0.15) is 17.8 Å². The number of nitro groups is 1. The quantitative estimate of drug-likeness (QED) is 0.311. The number of halogens is 3. The van der Waals surface area contributed by atoms with Gasteiger partial charge in [-0.2, -0.15) is 0 Å². The van der Waals surface area contributed by atoms with Crippen molar-refractivity contribution in [2.45, 2.75) is 0 Å². The number of hydrogen-bond donors (Lipinski definition) is 1. The Kier molecular flexibility index (Phi) is 5.00. The molecule has 0 bridgehead atoms. The Morgan fingerprint density at radius 1 is 1.00 bits per heavy atom. The number of imidazole rings is 1. The number of hydrogen-bond acceptors (Lipinski definition) is 4. The van der Waals surface area contributed by atoms with Gasteiger partial charge >= 0.3 is 0 Å². The molecule has 2 aromatic carbocycles. The summed E-state index contributed by atoms with van der Waals surface area (Å²) in [7, 11) is 0. The van der Waals surface area contributed by atoms with E-state index in [1.807, 2.05) is 0 Å². The Bertz CT molecular complexity index is 1190. The van der Waals surface area contributed by atoms with Crippen LogP contribution in [0.3, 0.4) is 0 Å². The molecule has 0 aliphatic rings. The standard InChI is InChI=1S/C20H11Cl2FN4O2/c21-14-2-1-3-15(22)17(14)20-25-18(11-4-6-12(23)7-5-11)19(26-20)16-9-8-13(10-24-16)27(28)29/h1-10H,(H,25,26). The van der Waals surface area contributed by atoms with Crippen LogP contribution in [0, 0.1) is 15.9 Å². The van der Waals surface area contributed by atoms with Gasteiger partial charge < -0.3 is 4.98 Å². The molecule has 144 valence electrons. The lowest BCUT2D eigenvalue weighted by Crippen LogP contribution is -1.91. The molecule has 0 spiro atoms. The predicted molar refractivity (Wildman–Crippen MR) is 109 cm³/mol. The first kappa shape index (κ1) is 19.0. The monoisotopic (exact) mass is 428 g/mol. The zero-order chi connectivity index (χ0) is 20.5. The normalized spacial score (nSPS) is 10.9. The van der Waals surface area contributed by atoms with Crippen LogP contribution < -0.4 is 0 Å². The fraction of sp³-hybridized carbons (Fsp3) is 0. The summed E-state index contributed by atoms with van der Waals surface area (Å²) >= 11 is 12.6. The Morgan fingerprint density at radius 3 is 2.28 bits per heavy atom. The fourth-order valence-electron chi connectivity index (χ4n) is 2.86. The third-order valence-electron chi connectivity index (χ3n) is 4.24. The third-order valence-corrected chi connectivity index (χ3v) is 4.87. The molecule has 9 heteroatoms. The number of nitrogens with zero attached hydrogens (tertiary/aromatic N) is 3. The van der Waals surface area contributed by atoms with E-state index in [1.165, 1.54) is 24.3 Å². The van der Waals surface area contributed by atoms with Crippen molar-refractivity contribution in [1.29, 1.82) is 0 Å². The summed E-state index contributed by atoms with van der Waals surface area (Å²) in [6, 6.07) is 13.8. The van der Waals surface area contributed by atoms with Crippen LogP contribution in [-0.2, 0) is 0 Å². The molecule has 0 saturated carbocycles. The molecular formula is C20H11Cl2FN4O2. The van der Waals surface area contributed by atoms with Gasteiger partial charge in [-0.15, -0.1) is 0 Å². The first-order valence-electron chi connectivity index (χ1n) is 8.35. The molecule has 4 rings (SSSR count). The lowest BCUT2D eigenvalue weighted by atomic mass is 10.1. The van der Waals surface area contributed by atoms with Gasteiger partial charge in [-0.3, -0.25) is 10.1 Å². The van der Waals surface area contributed by atoms with E-state index in [0.717, 1.165) is 6.20 Å². The molecule has 0 unspecified atom stereocenters. The summed E-state index contributed by atoms with van der Waals surface area (Å²) < 4.78 is 13.4. The minimum Gasteiger partial charge on any atom is -0.336 e. The van der Waals surface area contributed by atoms with Gasteiger partial charge in [0.2, 0.25) is 0 Å². The van der Waals surface area contributed by atoms with Crippen molar-refractivity contribution in [2.24, 2.45) is 0 Å². The number of rotatable bonds is 4. The van der Waals surface area contributed by atoms with E-state index >= 15 is 0 Å². The van der Waals surface area contributed by atoms with Crippen LogP contribution in [0.5, 0.6) is 0 Å². The number of pyridine rings is 1. The minimum absolute atomic E-state index is 0.133. The second-order valence-corrected chi connectivity index (χ2v) is 6.89. The lowest BCUT2D eigenvalue weighted by molar-refractivity contribution is -0.385.